The van der Waals surface area contributed by atoms with E-state index in [-0.39, 0.29) is 0 Å². The third kappa shape index (κ3) is 3.19. The van der Waals surface area contributed by atoms with Crippen molar-refractivity contribution in [3.05, 3.63) is 53.0 Å². The van der Waals surface area contributed by atoms with E-state index >= 15 is 0 Å². The summed E-state index contributed by atoms with van der Waals surface area (Å²) in [7, 11) is 0. The number of aromatic nitrogens is 2. The Morgan fingerprint density at radius 1 is 1.38 bits per heavy atom. The standard InChI is InChI=1S/C16H18N4S/c17-15(21)13-9-12-4-1-5-14(12)20-16(13)19-8-6-11-3-2-7-18-10-11/h2-3,7,9-10H,1,4-6,8H2,(H2,17,21)(H,19,20). The molecule has 2 aromatic heterocycles. The highest BCUT2D eigenvalue weighted by molar-refractivity contribution is 7.80. The van der Waals surface area contributed by atoms with E-state index in [1.807, 2.05) is 12.3 Å². The lowest BCUT2D eigenvalue weighted by Gasteiger charge is -2.12. The van der Waals surface area contributed by atoms with Gasteiger partial charge < -0.3 is 11.1 Å². The van der Waals surface area contributed by atoms with E-state index in [9.17, 15) is 0 Å². The Bertz CT molecular complexity index is 655. The number of hydrogen-bond donors (Lipinski definition) is 2. The van der Waals surface area contributed by atoms with Crippen molar-refractivity contribution in [2.75, 3.05) is 11.9 Å². The number of nitrogens with one attached hydrogen (secondary N) is 1. The molecular weight excluding hydrogens is 280 g/mol. The van der Waals surface area contributed by atoms with Crippen LogP contribution in [0, 0.1) is 0 Å². The van der Waals surface area contributed by atoms with Gasteiger partial charge in [-0.3, -0.25) is 4.98 Å². The van der Waals surface area contributed by atoms with Crippen molar-refractivity contribution in [2.45, 2.75) is 25.7 Å². The Hall–Kier alpha value is -2.01. The number of nitrogens with two attached hydrogens (primary N) is 1. The van der Waals surface area contributed by atoms with E-state index < -0.39 is 0 Å². The second-order valence-corrected chi connectivity index (χ2v) is 5.69. The van der Waals surface area contributed by atoms with Crippen molar-refractivity contribution in [1.82, 2.24) is 9.97 Å². The fourth-order valence-electron chi connectivity index (χ4n) is 2.67. The van der Waals surface area contributed by atoms with Gasteiger partial charge in [-0.05, 0) is 48.9 Å². The minimum atomic E-state index is 0.404. The molecular formula is C16H18N4S. The van der Waals surface area contributed by atoms with E-state index in [2.05, 4.69) is 22.4 Å². The summed E-state index contributed by atoms with van der Waals surface area (Å²) in [6.07, 6.45) is 7.84. The lowest BCUT2D eigenvalue weighted by atomic mass is 10.1. The Balaban J connectivity index is 1.74. The highest BCUT2D eigenvalue weighted by atomic mass is 32.1. The van der Waals surface area contributed by atoms with Crippen molar-refractivity contribution >= 4 is 23.0 Å². The summed E-state index contributed by atoms with van der Waals surface area (Å²) in [5, 5.41) is 3.37. The maximum absolute atomic E-state index is 5.83. The molecule has 4 nitrogen and oxygen atoms in total. The molecule has 0 spiro atoms. The van der Waals surface area contributed by atoms with Gasteiger partial charge in [0.05, 0.1) is 5.56 Å². The second-order valence-electron chi connectivity index (χ2n) is 5.25. The number of aryl methyl sites for hydroxylation is 2. The second kappa shape index (κ2) is 6.18. The lowest BCUT2D eigenvalue weighted by Crippen LogP contribution is -2.17. The van der Waals surface area contributed by atoms with E-state index in [1.54, 1.807) is 6.20 Å². The van der Waals surface area contributed by atoms with E-state index in [0.717, 1.165) is 43.6 Å². The summed E-state index contributed by atoms with van der Waals surface area (Å²) in [5.74, 6) is 0.812. The van der Waals surface area contributed by atoms with Gasteiger partial charge in [0.25, 0.3) is 0 Å². The molecule has 0 unspecified atom stereocenters. The molecule has 0 radical (unpaired) electrons. The fourth-order valence-corrected chi connectivity index (χ4v) is 2.82. The molecule has 0 saturated carbocycles. The van der Waals surface area contributed by atoms with Crippen molar-refractivity contribution < 1.29 is 0 Å². The first-order valence-electron chi connectivity index (χ1n) is 7.19. The van der Waals surface area contributed by atoms with Crippen LogP contribution in [0.25, 0.3) is 0 Å². The summed E-state index contributed by atoms with van der Waals surface area (Å²) >= 11 is 5.15. The first kappa shape index (κ1) is 13.9. The molecule has 0 amide bonds. The van der Waals surface area contributed by atoms with Gasteiger partial charge in [0.1, 0.15) is 10.8 Å². The predicted octanol–water partition coefficient (Wildman–Crippen LogP) is 2.25. The van der Waals surface area contributed by atoms with Crippen LogP contribution in [0.5, 0.6) is 0 Å². The Morgan fingerprint density at radius 3 is 3.05 bits per heavy atom. The summed E-state index contributed by atoms with van der Waals surface area (Å²) in [5.41, 5.74) is 10.4. The van der Waals surface area contributed by atoms with Crippen LogP contribution in [0.3, 0.4) is 0 Å². The molecule has 0 aromatic carbocycles. The third-order valence-corrected chi connectivity index (χ3v) is 3.97. The van der Waals surface area contributed by atoms with Gasteiger partial charge >= 0.3 is 0 Å². The van der Waals surface area contributed by atoms with Gasteiger partial charge in [0.2, 0.25) is 0 Å². The minimum absolute atomic E-state index is 0.404. The summed E-state index contributed by atoms with van der Waals surface area (Å²) < 4.78 is 0. The maximum atomic E-state index is 5.83. The number of thiocarbonyl (C=S) groups is 1. The Kier molecular flexibility index (Phi) is 4.10. The fraction of sp³-hybridized carbons (Fsp3) is 0.312. The molecule has 0 aliphatic heterocycles. The third-order valence-electron chi connectivity index (χ3n) is 3.75. The predicted molar refractivity (Wildman–Crippen MR) is 88.6 cm³/mol. The molecule has 21 heavy (non-hydrogen) atoms. The quantitative estimate of drug-likeness (QED) is 0.829. The summed E-state index contributed by atoms with van der Waals surface area (Å²) in [4.78, 5) is 9.23. The number of anilines is 1. The molecule has 108 valence electrons. The van der Waals surface area contributed by atoms with Crippen LogP contribution in [0.2, 0.25) is 0 Å². The van der Waals surface area contributed by atoms with Crippen LogP contribution in [0.15, 0.2) is 30.6 Å². The molecule has 0 fully saturated rings. The van der Waals surface area contributed by atoms with Crippen LogP contribution < -0.4 is 11.1 Å². The van der Waals surface area contributed by atoms with Gasteiger partial charge in [0, 0.05) is 24.6 Å². The average molecular weight is 298 g/mol. The van der Waals surface area contributed by atoms with Crippen LogP contribution in [-0.2, 0) is 19.3 Å². The topological polar surface area (TPSA) is 63.8 Å². The van der Waals surface area contributed by atoms with Gasteiger partial charge in [-0.25, -0.2) is 4.98 Å². The number of hydrogen-bond acceptors (Lipinski definition) is 4. The van der Waals surface area contributed by atoms with Crippen LogP contribution >= 0.6 is 12.2 Å². The molecule has 3 N–H and O–H groups in total. The molecule has 1 aliphatic carbocycles. The first-order valence-corrected chi connectivity index (χ1v) is 7.60. The molecule has 1 aliphatic rings. The van der Waals surface area contributed by atoms with Crippen LogP contribution in [0.4, 0.5) is 5.82 Å². The van der Waals surface area contributed by atoms with E-state index in [4.69, 9.17) is 22.9 Å². The largest absolute Gasteiger partial charge is 0.389 e. The highest BCUT2D eigenvalue weighted by Gasteiger charge is 2.17. The van der Waals surface area contributed by atoms with Crippen molar-refractivity contribution in [1.29, 1.82) is 0 Å². The van der Waals surface area contributed by atoms with Gasteiger partial charge in [-0.1, -0.05) is 18.3 Å². The van der Waals surface area contributed by atoms with E-state index in [1.165, 1.54) is 16.8 Å². The van der Waals surface area contributed by atoms with Crippen LogP contribution in [-0.4, -0.2) is 21.5 Å². The molecule has 0 atom stereocenters. The maximum Gasteiger partial charge on any atom is 0.136 e. The average Bonchev–Trinajstić information content (AvgIpc) is 2.94. The zero-order chi connectivity index (χ0) is 14.7. The van der Waals surface area contributed by atoms with Crippen molar-refractivity contribution in [3.8, 4) is 0 Å². The molecule has 0 bridgehead atoms. The Morgan fingerprint density at radius 2 is 2.29 bits per heavy atom. The van der Waals surface area contributed by atoms with E-state index in [0.29, 0.717) is 4.99 Å². The molecule has 2 heterocycles. The molecule has 5 heteroatoms. The van der Waals surface area contributed by atoms with Crippen molar-refractivity contribution in [2.24, 2.45) is 5.73 Å². The smallest absolute Gasteiger partial charge is 0.136 e. The molecule has 3 rings (SSSR count). The van der Waals surface area contributed by atoms with Crippen LogP contribution in [0.1, 0.15) is 28.8 Å². The van der Waals surface area contributed by atoms with Gasteiger partial charge in [0.15, 0.2) is 0 Å². The molecule has 2 aromatic rings. The SMILES string of the molecule is NC(=S)c1cc2c(nc1NCCc1cccnc1)CCC2. The number of fused-ring (bicyclic) bond motifs is 1. The molecule has 0 saturated heterocycles. The summed E-state index contributed by atoms with van der Waals surface area (Å²) in [6, 6.07) is 6.12. The number of nitrogens with zero attached hydrogens (tertiary/aromatic N) is 2. The monoisotopic (exact) mass is 298 g/mol. The minimum Gasteiger partial charge on any atom is -0.389 e. The normalized spacial score (nSPS) is 13.0. The summed E-state index contributed by atoms with van der Waals surface area (Å²) in [6.45, 7) is 0.785. The first-order chi connectivity index (χ1) is 10.2. The Labute approximate surface area is 129 Å². The number of pyridine rings is 2. The van der Waals surface area contributed by atoms with Gasteiger partial charge in [-0.15, -0.1) is 0 Å². The lowest BCUT2D eigenvalue weighted by molar-refractivity contribution is 0.898. The highest BCUT2D eigenvalue weighted by Crippen LogP contribution is 2.25. The zero-order valence-electron chi connectivity index (χ0n) is 11.8. The van der Waals surface area contributed by atoms with Gasteiger partial charge in [-0.2, -0.15) is 0 Å². The number of rotatable bonds is 5. The van der Waals surface area contributed by atoms with Crippen molar-refractivity contribution in [3.63, 3.8) is 0 Å². The zero-order valence-corrected chi connectivity index (χ0v) is 12.6.